The Kier molecular flexibility index (Phi) is 6.93. The van der Waals surface area contributed by atoms with Crippen molar-refractivity contribution in [3.8, 4) is 0 Å². The van der Waals surface area contributed by atoms with Gasteiger partial charge < -0.3 is 9.52 Å². The third-order valence-corrected chi connectivity index (χ3v) is 3.05. The number of nitrogens with zero attached hydrogens (tertiary/aromatic N) is 1. The molecule has 1 aromatic rings. The molecule has 0 saturated heterocycles. The van der Waals surface area contributed by atoms with Crippen LogP contribution >= 0.6 is 0 Å². The zero-order chi connectivity index (χ0) is 14.1. The van der Waals surface area contributed by atoms with Crippen LogP contribution in [0.2, 0.25) is 0 Å². The largest absolute Gasteiger partial charge is 0.478 e. The van der Waals surface area contributed by atoms with E-state index in [0.29, 0.717) is 5.89 Å². The van der Waals surface area contributed by atoms with Gasteiger partial charge in [0.05, 0.1) is 12.1 Å². The second kappa shape index (κ2) is 8.51. The van der Waals surface area contributed by atoms with Gasteiger partial charge in [-0.3, -0.25) is 0 Å². The number of oxazole rings is 1. The summed E-state index contributed by atoms with van der Waals surface area (Å²) in [6.07, 6.45) is 10.2. The first-order valence-electron chi connectivity index (χ1n) is 6.97. The van der Waals surface area contributed by atoms with Gasteiger partial charge in [-0.15, -0.1) is 0 Å². The number of aliphatic carboxylic acids is 1. The van der Waals surface area contributed by atoms with Gasteiger partial charge in [0.25, 0.3) is 0 Å². The molecule has 1 heterocycles. The van der Waals surface area contributed by atoms with Gasteiger partial charge in [0.1, 0.15) is 6.26 Å². The number of hydrogen-bond acceptors (Lipinski definition) is 3. The Hall–Kier alpha value is -1.58. The third kappa shape index (κ3) is 6.22. The Bertz CT molecular complexity index is 409. The number of aryl methyl sites for hydroxylation is 1. The van der Waals surface area contributed by atoms with Crippen molar-refractivity contribution >= 4 is 5.97 Å². The van der Waals surface area contributed by atoms with E-state index in [4.69, 9.17) is 9.52 Å². The van der Waals surface area contributed by atoms with Gasteiger partial charge in [-0.1, -0.05) is 45.6 Å². The highest BCUT2D eigenvalue weighted by atomic mass is 16.4. The molecule has 0 aromatic carbocycles. The van der Waals surface area contributed by atoms with Crippen molar-refractivity contribution in [2.45, 2.75) is 58.3 Å². The molecule has 0 amide bonds. The van der Waals surface area contributed by atoms with Gasteiger partial charge in [0, 0.05) is 5.57 Å². The predicted molar refractivity (Wildman–Crippen MR) is 74.1 cm³/mol. The normalized spacial score (nSPS) is 10.6. The molecular formula is C15H23NO3. The molecule has 0 radical (unpaired) electrons. The van der Waals surface area contributed by atoms with Crippen molar-refractivity contribution in [2.24, 2.45) is 0 Å². The number of aromatic nitrogens is 1. The summed E-state index contributed by atoms with van der Waals surface area (Å²) in [5.74, 6) is -0.566. The highest BCUT2D eigenvalue weighted by Crippen LogP contribution is 2.12. The molecule has 1 N–H and O–H groups in total. The maximum Gasteiger partial charge on any atom is 0.331 e. The number of carbonyl (C=O) groups is 1. The van der Waals surface area contributed by atoms with Crippen molar-refractivity contribution in [3.63, 3.8) is 0 Å². The minimum atomic E-state index is -1.00. The van der Waals surface area contributed by atoms with Crippen LogP contribution in [0, 0.1) is 0 Å². The van der Waals surface area contributed by atoms with E-state index in [9.17, 15) is 4.79 Å². The molecule has 0 bridgehead atoms. The molecule has 4 heteroatoms. The van der Waals surface area contributed by atoms with E-state index in [2.05, 4.69) is 18.5 Å². The lowest BCUT2D eigenvalue weighted by molar-refractivity contribution is -0.132. The van der Waals surface area contributed by atoms with Crippen molar-refractivity contribution < 1.29 is 14.3 Å². The molecule has 0 spiro atoms. The van der Waals surface area contributed by atoms with Gasteiger partial charge in [-0.05, 0) is 12.8 Å². The van der Waals surface area contributed by atoms with E-state index in [-0.39, 0.29) is 12.0 Å². The fourth-order valence-electron chi connectivity index (χ4n) is 1.89. The highest BCUT2D eigenvalue weighted by molar-refractivity contribution is 5.86. The van der Waals surface area contributed by atoms with E-state index in [1.54, 1.807) is 6.26 Å². The van der Waals surface area contributed by atoms with Crippen LogP contribution < -0.4 is 0 Å². The van der Waals surface area contributed by atoms with Crippen LogP contribution in [-0.4, -0.2) is 16.1 Å². The Labute approximate surface area is 114 Å². The van der Waals surface area contributed by atoms with Crippen LogP contribution in [0.1, 0.15) is 57.0 Å². The van der Waals surface area contributed by atoms with E-state index < -0.39 is 5.97 Å². The summed E-state index contributed by atoms with van der Waals surface area (Å²) in [6.45, 7) is 5.67. The lowest BCUT2D eigenvalue weighted by Crippen LogP contribution is -2.02. The quantitative estimate of drug-likeness (QED) is 0.517. The minimum Gasteiger partial charge on any atom is -0.478 e. The van der Waals surface area contributed by atoms with Gasteiger partial charge in [-0.2, -0.15) is 0 Å². The highest BCUT2D eigenvalue weighted by Gasteiger charge is 2.10. The maximum atomic E-state index is 10.6. The van der Waals surface area contributed by atoms with Crippen molar-refractivity contribution in [3.05, 3.63) is 30.0 Å². The van der Waals surface area contributed by atoms with Gasteiger partial charge in [0.2, 0.25) is 0 Å². The van der Waals surface area contributed by atoms with Crippen molar-refractivity contribution in [1.82, 2.24) is 4.98 Å². The van der Waals surface area contributed by atoms with Crippen LogP contribution in [0.3, 0.4) is 0 Å². The lowest BCUT2D eigenvalue weighted by Gasteiger charge is -1.98. The second-order valence-electron chi connectivity index (χ2n) is 4.84. The van der Waals surface area contributed by atoms with Crippen molar-refractivity contribution in [2.75, 3.05) is 0 Å². The Balaban J connectivity index is 2.23. The zero-order valence-electron chi connectivity index (χ0n) is 11.7. The van der Waals surface area contributed by atoms with Crippen LogP contribution in [0.25, 0.3) is 0 Å². The van der Waals surface area contributed by atoms with Crippen molar-refractivity contribution in [1.29, 1.82) is 0 Å². The maximum absolute atomic E-state index is 10.6. The minimum absolute atomic E-state index is 0.105. The lowest BCUT2D eigenvalue weighted by atomic mass is 10.1. The molecule has 106 valence electrons. The molecule has 19 heavy (non-hydrogen) atoms. The monoisotopic (exact) mass is 265 g/mol. The average Bonchev–Trinajstić information content (AvgIpc) is 2.81. The topological polar surface area (TPSA) is 63.3 Å². The molecule has 0 aliphatic heterocycles. The smallest absolute Gasteiger partial charge is 0.331 e. The van der Waals surface area contributed by atoms with Crippen LogP contribution in [-0.2, 0) is 17.6 Å². The Morgan fingerprint density at radius 2 is 2.00 bits per heavy atom. The second-order valence-corrected chi connectivity index (χ2v) is 4.84. The van der Waals surface area contributed by atoms with Crippen LogP contribution in [0.5, 0.6) is 0 Å². The Morgan fingerprint density at radius 3 is 2.68 bits per heavy atom. The van der Waals surface area contributed by atoms with E-state index in [0.717, 1.165) is 18.5 Å². The SMILES string of the molecule is C=C(Cc1nc(CCCCCCCC)co1)C(=O)O. The summed E-state index contributed by atoms with van der Waals surface area (Å²) in [7, 11) is 0. The summed E-state index contributed by atoms with van der Waals surface area (Å²) >= 11 is 0. The first-order valence-corrected chi connectivity index (χ1v) is 6.97. The van der Waals surface area contributed by atoms with E-state index in [1.165, 1.54) is 32.1 Å². The van der Waals surface area contributed by atoms with Gasteiger partial charge in [0.15, 0.2) is 5.89 Å². The fraction of sp³-hybridized carbons (Fsp3) is 0.600. The number of unbranched alkanes of at least 4 members (excludes halogenated alkanes) is 5. The summed E-state index contributed by atoms with van der Waals surface area (Å²) < 4.78 is 5.25. The molecule has 0 unspecified atom stereocenters. The molecular weight excluding hydrogens is 242 g/mol. The van der Waals surface area contributed by atoms with E-state index in [1.807, 2.05) is 0 Å². The summed E-state index contributed by atoms with van der Waals surface area (Å²) in [4.78, 5) is 14.9. The molecule has 1 rings (SSSR count). The molecule has 0 atom stereocenters. The molecule has 0 fully saturated rings. The van der Waals surface area contributed by atoms with Crippen LogP contribution in [0.15, 0.2) is 22.8 Å². The first-order chi connectivity index (χ1) is 9.13. The summed E-state index contributed by atoms with van der Waals surface area (Å²) in [6, 6.07) is 0. The standard InChI is InChI=1S/C15H23NO3/c1-3-4-5-6-7-8-9-13-11-19-14(16-13)10-12(2)15(17)18/h11H,2-10H2,1H3,(H,17,18). The van der Waals surface area contributed by atoms with Gasteiger partial charge in [-0.25, -0.2) is 9.78 Å². The molecule has 1 aromatic heterocycles. The van der Waals surface area contributed by atoms with Gasteiger partial charge >= 0.3 is 5.97 Å². The molecule has 0 aliphatic rings. The number of carboxylic acids is 1. The summed E-state index contributed by atoms with van der Waals surface area (Å²) in [5.41, 5.74) is 1.01. The first kappa shape index (κ1) is 15.5. The molecule has 0 aliphatic carbocycles. The third-order valence-electron chi connectivity index (χ3n) is 3.05. The van der Waals surface area contributed by atoms with Crippen LogP contribution in [0.4, 0.5) is 0 Å². The number of rotatable bonds is 10. The Morgan fingerprint density at radius 1 is 1.32 bits per heavy atom. The molecule has 0 saturated carbocycles. The predicted octanol–water partition coefficient (Wildman–Crippen LogP) is 3.76. The zero-order valence-corrected chi connectivity index (χ0v) is 11.7. The van der Waals surface area contributed by atoms with E-state index >= 15 is 0 Å². The summed E-state index contributed by atoms with van der Waals surface area (Å²) in [5, 5.41) is 8.73. The number of carboxylic acid groups (broad SMARTS) is 1. The molecule has 4 nitrogen and oxygen atoms in total. The average molecular weight is 265 g/mol. The fourth-order valence-corrected chi connectivity index (χ4v) is 1.89. The number of hydrogen-bond donors (Lipinski definition) is 1.